The van der Waals surface area contributed by atoms with Crippen molar-refractivity contribution in [2.45, 2.75) is 95.7 Å². The van der Waals surface area contributed by atoms with E-state index in [9.17, 15) is 19.8 Å². The van der Waals surface area contributed by atoms with Gasteiger partial charge >= 0.3 is 12.2 Å². The maximum Gasteiger partial charge on any atom is 0.417 e. The first-order valence-electron chi connectivity index (χ1n) is 26.5. The Morgan fingerprint density at radius 2 is 1.72 bits per heavy atom. The number of nitrogens with one attached hydrogen (secondary N) is 3. The van der Waals surface area contributed by atoms with Gasteiger partial charge in [0.25, 0.3) is 0 Å². The number of halogens is 4. The molecule has 0 aliphatic carbocycles. The highest BCUT2D eigenvalue weighted by molar-refractivity contribution is 6.05. The molecule has 4 aromatic carbocycles. The van der Waals surface area contributed by atoms with Gasteiger partial charge in [-0.2, -0.15) is 33.3 Å². The summed E-state index contributed by atoms with van der Waals surface area (Å²) in [6.45, 7) is 6.87. The lowest BCUT2D eigenvalue weighted by molar-refractivity contribution is -0.142. The van der Waals surface area contributed by atoms with E-state index < -0.39 is 71.9 Å². The third kappa shape index (κ3) is 11.3. The van der Waals surface area contributed by atoms with E-state index in [1.54, 1.807) is 73.9 Å². The number of nitrogens with two attached hydrogens (primary N) is 1. The number of aliphatic hydroxyl groups excluding tert-OH is 2. The largest absolute Gasteiger partial charge is 0.486 e. The molecule has 20 nitrogen and oxygen atoms in total. The monoisotopic (exact) mass is 1120 g/mol. The highest BCUT2D eigenvalue weighted by Gasteiger charge is 2.45. The summed E-state index contributed by atoms with van der Waals surface area (Å²) in [5.41, 5.74) is 6.99. The Labute approximate surface area is 463 Å². The van der Waals surface area contributed by atoms with E-state index in [4.69, 9.17) is 35.3 Å². The quantitative estimate of drug-likeness (QED) is 0.0283. The molecule has 3 aliphatic heterocycles. The lowest BCUT2D eigenvalue weighted by Crippen LogP contribution is -2.50. The zero-order valence-corrected chi connectivity index (χ0v) is 45.0. The number of piperazine rings is 1. The molecule has 0 saturated carbocycles. The van der Waals surface area contributed by atoms with Gasteiger partial charge in [0.05, 0.1) is 42.3 Å². The number of alkyl halides is 3. The van der Waals surface area contributed by atoms with Crippen LogP contribution in [0.3, 0.4) is 0 Å². The van der Waals surface area contributed by atoms with Crippen molar-refractivity contribution in [2.24, 2.45) is 5.92 Å². The molecule has 0 spiro atoms. The molecule has 424 valence electrons. The predicted molar refractivity (Wildman–Crippen MR) is 292 cm³/mol. The van der Waals surface area contributed by atoms with Gasteiger partial charge in [0.1, 0.15) is 48.1 Å². The van der Waals surface area contributed by atoms with E-state index in [2.05, 4.69) is 31.1 Å². The molecule has 6 heterocycles. The van der Waals surface area contributed by atoms with E-state index in [-0.39, 0.29) is 95.0 Å². The standard InChI is InChI=1S/C57H61F4N13O7/c1-29(2)51(55(78)73-24-38(76)18-47(73)54(77)66-46(26-75)35-14-12-33(13-15-35)44-7-6-16-65-69-44)74-25-45(70-71-74)34-10-8-32(9-11-34)28-80-52-49(48-31(4)42(58)20-43(63)40(48)21-62)41(57(59,60)61)19-39-50(52)67-56(81-27-30(3)79-5)68-53(39)72-23-36-17-37(72)22-64-36/h6-16,19-21,25,29-30,36-38,46-47,51,62,64,75-76H,17-18,22-24,26-28,63H2,1-5H3,(H,66,77)/t30-,36-,37-,38+,46-,47-,51-/m0/s1. The van der Waals surface area contributed by atoms with Crippen LogP contribution in [-0.4, -0.2) is 139 Å². The van der Waals surface area contributed by atoms with Crippen LogP contribution in [-0.2, 0) is 27.1 Å². The number of carbonyl (C=O) groups excluding carboxylic acids is 2. The molecule has 2 bridgehead atoms. The minimum atomic E-state index is -5.05. The lowest BCUT2D eigenvalue weighted by atomic mass is 9.88. The van der Waals surface area contributed by atoms with Crippen LogP contribution in [0.15, 0.2) is 85.2 Å². The highest BCUT2D eigenvalue weighted by Crippen LogP contribution is 2.51. The fraction of sp³-hybridized carbons (Fsp3) is 0.386. The molecular weight excluding hydrogens is 1050 g/mol. The number of anilines is 2. The first-order valence-corrected chi connectivity index (χ1v) is 26.5. The molecular formula is C57H61F4N13O7. The Bertz CT molecular complexity index is 3460. The van der Waals surface area contributed by atoms with E-state index in [0.29, 0.717) is 41.2 Å². The molecule has 3 aliphatic rings. The molecule has 7 aromatic rings. The summed E-state index contributed by atoms with van der Waals surface area (Å²) in [7, 11) is 1.50. The normalized spacial score (nSPS) is 19.1. The summed E-state index contributed by atoms with van der Waals surface area (Å²) in [5, 5.41) is 52.6. The summed E-state index contributed by atoms with van der Waals surface area (Å²) in [4.78, 5) is 41.2. The number of aliphatic hydroxyl groups is 2. The average molecular weight is 1120 g/mol. The van der Waals surface area contributed by atoms with Crippen LogP contribution in [0.2, 0.25) is 0 Å². The number of likely N-dealkylation sites (tertiary alicyclic amines) is 1. The number of aromatic nitrogens is 7. The first-order chi connectivity index (χ1) is 38.8. The molecule has 0 radical (unpaired) electrons. The third-order valence-corrected chi connectivity index (χ3v) is 15.2. The van der Waals surface area contributed by atoms with Crippen LogP contribution in [0.25, 0.3) is 44.5 Å². The van der Waals surface area contributed by atoms with Crippen molar-refractivity contribution in [3.05, 3.63) is 119 Å². The maximum atomic E-state index is 15.8. The fourth-order valence-electron chi connectivity index (χ4n) is 10.9. The second-order valence-corrected chi connectivity index (χ2v) is 21.0. The summed E-state index contributed by atoms with van der Waals surface area (Å²) < 4.78 is 82.5. The van der Waals surface area contributed by atoms with Crippen molar-refractivity contribution < 1.29 is 51.6 Å². The molecule has 10 rings (SSSR count). The number of benzene rings is 4. The Kier molecular flexibility index (Phi) is 16.0. The Morgan fingerprint density at radius 1 is 0.975 bits per heavy atom. The van der Waals surface area contributed by atoms with E-state index >= 15 is 17.6 Å². The van der Waals surface area contributed by atoms with Crippen LogP contribution >= 0.6 is 0 Å². The zero-order chi connectivity index (χ0) is 57.4. The maximum absolute atomic E-state index is 15.8. The lowest BCUT2D eigenvalue weighted by Gasteiger charge is -2.30. The van der Waals surface area contributed by atoms with Gasteiger partial charge in [0.2, 0.25) is 11.8 Å². The third-order valence-electron chi connectivity index (χ3n) is 15.2. The van der Waals surface area contributed by atoms with Gasteiger partial charge < -0.3 is 56.0 Å². The minimum absolute atomic E-state index is 0.00330. The van der Waals surface area contributed by atoms with E-state index in [0.717, 1.165) is 30.3 Å². The average Bonchev–Trinajstić information content (AvgIpc) is 3.90. The number of methoxy groups -OCH3 is 1. The SMILES string of the molecule is CO[C@@H](C)COc1nc(N2C[C@@H]3C[C@H]2CN3)c2cc(C(F)(F)F)c(-c3c(C)c(F)cc(N)c3C=N)c(OCc3ccc(-c4cn([C@H](C(=O)N5C[C@H](O)C[C@H]5C(=O)N[C@@H](CO)c5ccc(-c6cccnn6)cc5)C(C)C)nn4)cc3)c2n1. The van der Waals surface area contributed by atoms with E-state index in [1.165, 1.54) is 23.6 Å². The second-order valence-electron chi connectivity index (χ2n) is 21.0. The van der Waals surface area contributed by atoms with Crippen LogP contribution < -0.4 is 30.7 Å². The molecule has 24 heteroatoms. The van der Waals surface area contributed by atoms with Crippen LogP contribution in [0.4, 0.5) is 29.1 Å². The Morgan fingerprint density at radius 3 is 2.36 bits per heavy atom. The molecule has 3 saturated heterocycles. The summed E-state index contributed by atoms with van der Waals surface area (Å²) >= 11 is 0. The molecule has 2 amide bonds. The van der Waals surface area contributed by atoms with Crippen LogP contribution in [0.5, 0.6) is 11.8 Å². The summed E-state index contributed by atoms with van der Waals surface area (Å²) in [5.74, 6) is -2.46. The number of nitrogen functional groups attached to an aromatic ring is 1. The van der Waals surface area contributed by atoms with Gasteiger partial charge in [-0.15, -0.1) is 5.10 Å². The Hall–Kier alpha value is -8.19. The van der Waals surface area contributed by atoms with Crippen molar-refractivity contribution in [3.63, 3.8) is 0 Å². The number of ether oxygens (including phenoxy) is 3. The summed E-state index contributed by atoms with van der Waals surface area (Å²) in [6, 6.07) is 16.4. The molecule has 7 atom stereocenters. The van der Waals surface area contributed by atoms with Crippen molar-refractivity contribution in [1.29, 1.82) is 5.41 Å². The van der Waals surface area contributed by atoms with Gasteiger partial charge in [0, 0.05) is 96.6 Å². The van der Waals surface area contributed by atoms with Crippen molar-refractivity contribution in [1.82, 2.24) is 50.7 Å². The number of hydrogen-bond donors (Lipinski definition) is 6. The number of nitrogens with zero attached hydrogens (tertiary/aromatic N) is 9. The van der Waals surface area contributed by atoms with Crippen molar-refractivity contribution in [2.75, 3.05) is 50.6 Å². The number of carbonyl (C=O) groups is 2. The molecule has 3 fully saturated rings. The molecule has 0 unspecified atom stereocenters. The molecule has 3 aromatic heterocycles. The van der Waals surface area contributed by atoms with Gasteiger partial charge in [-0.25, -0.2) is 9.07 Å². The van der Waals surface area contributed by atoms with Crippen LogP contribution in [0, 0.1) is 24.1 Å². The zero-order valence-electron chi connectivity index (χ0n) is 45.0. The fourth-order valence-corrected chi connectivity index (χ4v) is 10.9. The summed E-state index contributed by atoms with van der Waals surface area (Å²) in [6.07, 6.45) is -1.81. The number of rotatable bonds is 19. The van der Waals surface area contributed by atoms with Gasteiger partial charge in [-0.1, -0.05) is 67.6 Å². The number of β-amino-alcohol motifs (C(OH)–C–C–N with tert-alkyl or cyclic N) is 1. The van der Waals surface area contributed by atoms with Crippen molar-refractivity contribution in [3.8, 4) is 45.4 Å². The Balaban J connectivity index is 0.940. The number of fused-ring (bicyclic) bond motifs is 3. The van der Waals surface area contributed by atoms with Gasteiger partial charge in [-0.05, 0) is 67.1 Å². The topological polar surface area (TPSA) is 265 Å². The van der Waals surface area contributed by atoms with E-state index in [1.807, 2.05) is 24.8 Å². The predicted octanol–water partition coefficient (Wildman–Crippen LogP) is 6.61. The smallest absolute Gasteiger partial charge is 0.417 e. The van der Waals surface area contributed by atoms with Gasteiger partial charge in [-0.3, -0.25) is 9.59 Å². The molecule has 7 N–H and O–H groups in total. The number of hydrogen-bond acceptors (Lipinski definition) is 17. The van der Waals surface area contributed by atoms with Crippen LogP contribution in [0.1, 0.15) is 73.5 Å². The molecule has 81 heavy (non-hydrogen) atoms. The minimum Gasteiger partial charge on any atom is -0.486 e. The van der Waals surface area contributed by atoms with Gasteiger partial charge in [0.15, 0.2) is 5.75 Å². The highest BCUT2D eigenvalue weighted by atomic mass is 19.4. The number of amides is 2. The van der Waals surface area contributed by atoms with Crippen molar-refractivity contribution >= 4 is 40.4 Å². The second kappa shape index (κ2) is 23.1. The first kappa shape index (κ1) is 56.1.